The van der Waals surface area contributed by atoms with Gasteiger partial charge in [-0.1, -0.05) is 30.3 Å². The zero-order chi connectivity index (χ0) is 12.8. The first-order valence-corrected chi connectivity index (χ1v) is 8.38. The largest absolute Gasteiger partial charge is 0.303 e. The van der Waals surface area contributed by atoms with Crippen molar-refractivity contribution in [1.29, 1.82) is 0 Å². The number of nitrogens with one attached hydrogen (secondary N) is 1. The van der Waals surface area contributed by atoms with Gasteiger partial charge in [0.2, 0.25) is 0 Å². The fourth-order valence-electron chi connectivity index (χ4n) is 1.75. The lowest BCUT2D eigenvalue weighted by atomic mass is 10.1. The molecule has 1 aromatic carbocycles. The molecule has 0 spiro atoms. The first-order valence-electron chi connectivity index (χ1n) is 5.71. The monoisotopic (exact) mass is 280 g/mol. The lowest BCUT2D eigenvalue weighted by molar-refractivity contribution is 0.569. The molecule has 2 aromatic rings. The second-order valence-corrected chi connectivity index (χ2v) is 6.26. The van der Waals surface area contributed by atoms with E-state index in [9.17, 15) is 4.21 Å². The van der Waals surface area contributed by atoms with Gasteiger partial charge in [0.1, 0.15) is 0 Å². The van der Waals surface area contributed by atoms with Crippen LogP contribution in [-0.4, -0.2) is 21.2 Å². The van der Waals surface area contributed by atoms with E-state index >= 15 is 0 Å². The van der Waals surface area contributed by atoms with Crippen LogP contribution in [-0.2, 0) is 17.3 Å². The Morgan fingerprint density at radius 1 is 1.39 bits per heavy atom. The summed E-state index contributed by atoms with van der Waals surface area (Å²) in [7, 11) is -0.825. The number of hydrogen-bond donors (Lipinski definition) is 1. The van der Waals surface area contributed by atoms with Crippen molar-refractivity contribution < 1.29 is 4.21 Å². The molecule has 0 fully saturated rings. The highest BCUT2D eigenvalue weighted by Crippen LogP contribution is 2.14. The van der Waals surface area contributed by atoms with Crippen molar-refractivity contribution >= 4 is 22.1 Å². The van der Waals surface area contributed by atoms with Gasteiger partial charge < -0.3 is 5.32 Å². The van der Waals surface area contributed by atoms with Crippen LogP contribution in [0.5, 0.6) is 0 Å². The number of rotatable bonds is 6. The van der Waals surface area contributed by atoms with Crippen LogP contribution in [0.4, 0.5) is 0 Å². The number of benzene rings is 1. The van der Waals surface area contributed by atoms with Crippen LogP contribution in [0.2, 0.25) is 0 Å². The van der Waals surface area contributed by atoms with E-state index in [2.05, 4.69) is 22.4 Å². The van der Waals surface area contributed by atoms with E-state index < -0.39 is 10.8 Å². The van der Waals surface area contributed by atoms with Crippen LogP contribution in [0.25, 0.3) is 0 Å². The summed E-state index contributed by atoms with van der Waals surface area (Å²) in [5.41, 5.74) is 4.03. The van der Waals surface area contributed by atoms with Gasteiger partial charge in [0.15, 0.2) is 0 Å². The quantitative estimate of drug-likeness (QED) is 0.883. The van der Waals surface area contributed by atoms with Gasteiger partial charge in [-0.25, -0.2) is 4.98 Å². The third kappa shape index (κ3) is 4.01. The maximum absolute atomic E-state index is 11.4. The average Bonchev–Trinajstić information content (AvgIpc) is 2.88. The van der Waals surface area contributed by atoms with Crippen LogP contribution in [0, 0.1) is 0 Å². The zero-order valence-corrected chi connectivity index (χ0v) is 11.8. The Balaban J connectivity index is 2.03. The fraction of sp³-hybridized carbons (Fsp3) is 0.308. The molecule has 1 aromatic heterocycles. The Kier molecular flexibility index (Phi) is 5.04. The first-order chi connectivity index (χ1) is 8.75. The molecule has 2 rings (SSSR count). The molecule has 5 heteroatoms. The molecule has 1 heterocycles. The summed E-state index contributed by atoms with van der Waals surface area (Å²) in [4.78, 5) is 4.24. The van der Waals surface area contributed by atoms with Gasteiger partial charge in [-0.05, 0) is 5.56 Å². The van der Waals surface area contributed by atoms with E-state index in [0.717, 1.165) is 5.69 Å². The molecule has 0 aliphatic rings. The van der Waals surface area contributed by atoms with Crippen LogP contribution in [0.1, 0.15) is 17.3 Å². The maximum Gasteiger partial charge on any atom is 0.0795 e. The summed E-state index contributed by atoms with van der Waals surface area (Å²) in [6, 6.07) is 10.2. The summed E-state index contributed by atoms with van der Waals surface area (Å²) >= 11 is 1.59. The molecule has 0 bridgehead atoms. The topological polar surface area (TPSA) is 42.0 Å². The molecule has 0 radical (unpaired) electrons. The molecule has 1 N–H and O–H groups in total. The zero-order valence-electron chi connectivity index (χ0n) is 10.2. The maximum atomic E-state index is 11.4. The van der Waals surface area contributed by atoms with E-state index in [0.29, 0.717) is 12.3 Å². The van der Waals surface area contributed by atoms with Crippen LogP contribution in [0.15, 0.2) is 41.2 Å². The van der Waals surface area contributed by atoms with Crippen LogP contribution >= 0.6 is 11.3 Å². The number of hydrogen-bond acceptors (Lipinski definition) is 4. The molecule has 0 saturated heterocycles. The summed E-state index contributed by atoms with van der Waals surface area (Å²) in [6.45, 7) is 0.709. The first kappa shape index (κ1) is 13.4. The molecule has 3 nitrogen and oxygen atoms in total. The van der Waals surface area contributed by atoms with Crippen molar-refractivity contribution in [3.05, 3.63) is 52.5 Å². The Morgan fingerprint density at radius 3 is 2.78 bits per heavy atom. The van der Waals surface area contributed by atoms with E-state index in [4.69, 9.17) is 0 Å². The van der Waals surface area contributed by atoms with Gasteiger partial charge >= 0.3 is 0 Å². The van der Waals surface area contributed by atoms with Crippen LogP contribution < -0.4 is 5.32 Å². The second-order valence-electron chi connectivity index (χ2n) is 4.06. The number of nitrogens with zero attached hydrogens (tertiary/aromatic N) is 1. The summed E-state index contributed by atoms with van der Waals surface area (Å²) < 4.78 is 11.4. The second kappa shape index (κ2) is 6.78. The summed E-state index contributed by atoms with van der Waals surface area (Å²) in [5.74, 6) is 0.619. The Labute approximate surface area is 114 Å². The summed E-state index contributed by atoms with van der Waals surface area (Å²) in [5, 5.41) is 5.45. The average molecular weight is 280 g/mol. The minimum absolute atomic E-state index is 0.110. The van der Waals surface area contributed by atoms with Gasteiger partial charge in [-0.2, -0.15) is 0 Å². The standard InChI is InChI=1S/C13H16N2OS2/c1-18(16)9-13(11-5-3-2-4-6-11)14-7-12-8-17-10-15-12/h2-6,8,10,13-14H,7,9H2,1H3/t13-,18-/m0/s1. The van der Waals surface area contributed by atoms with Crippen LogP contribution in [0.3, 0.4) is 0 Å². The Bertz CT molecular complexity index is 485. The van der Waals surface area contributed by atoms with Crippen molar-refractivity contribution in [3.63, 3.8) is 0 Å². The SMILES string of the molecule is C[S@](=O)C[C@H](NCc1cscn1)c1ccccc1. The highest BCUT2D eigenvalue weighted by molar-refractivity contribution is 7.84. The molecule has 0 unspecified atom stereocenters. The van der Waals surface area contributed by atoms with Gasteiger partial charge in [0.25, 0.3) is 0 Å². The number of thiazole rings is 1. The minimum atomic E-state index is -0.825. The fourth-order valence-corrected chi connectivity index (χ4v) is 3.08. The molecule has 2 atom stereocenters. The van der Waals surface area contributed by atoms with Gasteiger partial charge in [0.05, 0.1) is 11.2 Å². The normalized spacial score (nSPS) is 14.3. The van der Waals surface area contributed by atoms with E-state index in [1.807, 2.05) is 29.1 Å². The molecule has 0 aliphatic carbocycles. The Morgan fingerprint density at radius 2 is 2.17 bits per heavy atom. The molecule has 0 aliphatic heterocycles. The van der Waals surface area contributed by atoms with E-state index in [1.54, 1.807) is 17.6 Å². The van der Waals surface area contributed by atoms with E-state index in [1.165, 1.54) is 5.56 Å². The molecule has 18 heavy (non-hydrogen) atoms. The van der Waals surface area contributed by atoms with E-state index in [-0.39, 0.29) is 6.04 Å². The lowest BCUT2D eigenvalue weighted by Gasteiger charge is -2.17. The van der Waals surface area contributed by atoms with Crippen molar-refractivity contribution in [1.82, 2.24) is 10.3 Å². The summed E-state index contributed by atoms with van der Waals surface area (Å²) in [6.07, 6.45) is 1.74. The van der Waals surface area contributed by atoms with Gasteiger partial charge in [-0.15, -0.1) is 11.3 Å². The molecular formula is C13H16N2OS2. The lowest BCUT2D eigenvalue weighted by Crippen LogP contribution is -2.25. The van der Waals surface area contributed by atoms with Crippen molar-refractivity contribution in [2.45, 2.75) is 12.6 Å². The third-order valence-corrected chi connectivity index (χ3v) is 4.05. The minimum Gasteiger partial charge on any atom is -0.303 e. The molecular weight excluding hydrogens is 264 g/mol. The van der Waals surface area contributed by atoms with Crippen molar-refractivity contribution in [3.8, 4) is 0 Å². The molecule has 0 saturated carbocycles. The Hall–Kier alpha value is -1.04. The molecule has 0 amide bonds. The highest BCUT2D eigenvalue weighted by atomic mass is 32.2. The third-order valence-electron chi connectivity index (χ3n) is 2.62. The predicted molar refractivity (Wildman–Crippen MR) is 77.1 cm³/mol. The highest BCUT2D eigenvalue weighted by Gasteiger charge is 2.12. The van der Waals surface area contributed by atoms with Gasteiger partial charge in [-0.3, -0.25) is 4.21 Å². The molecule has 96 valence electrons. The van der Waals surface area contributed by atoms with Crippen molar-refractivity contribution in [2.24, 2.45) is 0 Å². The van der Waals surface area contributed by atoms with Crippen molar-refractivity contribution in [2.75, 3.05) is 12.0 Å². The smallest absolute Gasteiger partial charge is 0.0795 e. The number of aromatic nitrogens is 1. The predicted octanol–water partition coefficient (Wildman–Crippen LogP) is 2.35. The van der Waals surface area contributed by atoms with Gasteiger partial charge in [0, 0.05) is 40.8 Å².